The van der Waals surface area contributed by atoms with E-state index in [1.165, 1.54) is 11.0 Å². The van der Waals surface area contributed by atoms with E-state index in [1.54, 1.807) is 54.7 Å². The van der Waals surface area contributed by atoms with E-state index in [1.807, 2.05) is 6.07 Å². The maximum atomic E-state index is 12.7. The van der Waals surface area contributed by atoms with Crippen molar-refractivity contribution in [3.8, 4) is 16.9 Å². The molecule has 3 aromatic rings. The zero-order valence-corrected chi connectivity index (χ0v) is 21.8. The minimum Gasteiger partial charge on any atom is -0.486 e. The van der Waals surface area contributed by atoms with Crippen LogP contribution in [-0.2, 0) is 20.7 Å². The SMILES string of the molecule is Nc1ccc(C=CC(=O)NCC2Cc3cc(-c4ccc(C(=O)C(=O)N5CCOCC5)cc4)cc(Cl)c3O2)cn1. The number of Topliss-reactive ketones (excluding diaryl/α,β-unsaturated/α-hetero) is 1. The molecule has 9 nitrogen and oxygen atoms in total. The van der Waals surface area contributed by atoms with Gasteiger partial charge in [-0.25, -0.2) is 4.98 Å². The van der Waals surface area contributed by atoms with E-state index >= 15 is 0 Å². The minimum atomic E-state index is -0.534. The Morgan fingerprint density at radius 1 is 1.08 bits per heavy atom. The minimum absolute atomic E-state index is 0.250. The number of nitrogens with two attached hydrogens (primary N) is 1. The van der Waals surface area contributed by atoms with Crippen LogP contribution >= 0.6 is 11.6 Å². The van der Waals surface area contributed by atoms with Gasteiger partial charge in [0.15, 0.2) is 0 Å². The van der Waals surface area contributed by atoms with Crippen molar-refractivity contribution in [1.82, 2.24) is 15.2 Å². The molecular weight excluding hydrogens is 520 g/mol. The zero-order chi connectivity index (χ0) is 27.4. The second-order valence-corrected chi connectivity index (χ2v) is 9.70. The molecule has 2 amide bonds. The van der Waals surface area contributed by atoms with Gasteiger partial charge >= 0.3 is 0 Å². The summed E-state index contributed by atoms with van der Waals surface area (Å²) < 4.78 is 11.2. The Morgan fingerprint density at radius 3 is 2.56 bits per heavy atom. The number of hydrogen-bond acceptors (Lipinski definition) is 7. The number of anilines is 1. The number of ketones is 1. The lowest BCUT2D eigenvalue weighted by Crippen LogP contribution is -2.44. The molecule has 39 heavy (non-hydrogen) atoms. The van der Waals surface area contributed by atoms with Crippen LogP contribution in [0.5, 0.6) is 5.75 Å². The molecule has 2 aliphatic heterocycles. The molecule has 200 valence electrons. The molecule has 2 aliphatic rings. The molecule has 0 bridgehead atoms. The number of rotatable bonds is 7. The largest absolute Gasteiger partial charge is 0.486 e. The normalized spacial score (nSPS) is 16.5. The fourth-order valence-corrected chi connectivity index (χ4v) is 4.76. The Hall–Kier alpha value is -4.21. The molecule has 10 heteroatoms. The molecule has 0 saturated carbocycles. The van der Waals surface area contributed by atoms with Gasteiger partial charge in [-0.2, -0.15) is 0 Å². The Bertz CT molecular complexity index is 1420. The number of morpholine rings is 1. The second-order valence-electron chi connectivity index (χ2n) is 9.30. The number of ether oxygens (including phenoxy) is 2. The fraction of sp³-hybridized carbons (Fsp3) is 0.241. The van der Waals surface area contributed by atoms with Crippen molar-refractivity contribution in [2.45, 2.75) is 12.5 Å². The summed E-state index contributed by atoms with van der Waals surface area (Å²) in [5.41, 5.74) is 9.33. The Balaban J connectivity index is 1.19. The Morgan fingerprint density at radius 2 is 1.85 bits per heavy atom. The van der Waals surface area contributed by atoms with Gasteiger partial charge in [0, 0.05) is 42.9 Å². The highest BCUT2D eigenvalue weighted by Crippen LogP contribution is 2.39. The standard InChI is InChI=1S/C29H27ClN4O5/c30-24-15-21(19-3-5-20(6-4-19)27(36)29(37)34-9-11-38-12-10-34)13-22-14-23(39-28(22)24)17-33-26(35)8-2-18-1-7-25(31)32-16-18/h1-8,13,15-16,23H,9-12,14,17H2,(H2,31,32)(H,33,35). The summed E-state index contributed by atoms with van der Waals surface area (Å²) >= 11 is 6.54. The number of nitrogen functional groups attached to an aromatic ring is 1. The monoisotopic (exact) mass is 546 g/mol. The third-order valence-electron chi connectivity index (χ3n) is 6.57. The van der Waals surface area contributed by atoms with Gasteiger partial charge in [0.05, 0.1) is 24.8 Å². The van der Waals surface area contributed by atoms with Crippen LogP contribution in [0.15, 0.2) is 60.8 Å². The molecule has 0 aliphatic carbocycles. The lowest BCUT2D eigenvalue weighted by Gasteiger charge is -2.26. The number of carbonyl (C=O) groups is 3. The number of pyridine rings is 1. The maximum absolute atomic E-state index is 12.7. The van der Waals surface area contributed by atoms with E-state index in [2.05, 4.69) is 10.3 Å². The third-order valence-corrected chi connectivity index (χ3v) is 6.85. The zero-order valence-electron chi connectivity index (χ0n) is 21.1. The lowest BCUT2D eigenvalue weighted by atomic mass is 9.99. The first kappa shape index (κ1) is 26.4. The molecule has 0 spiro atoms. The van der Waals surface area contributed by atoms with Gasteiger partial charge in [0.25, 0.3) is 5.91 Å². The summed E-state index contributed by atoms with van der Waals surface area (Å²) in [5.74, 6) is -0.279. The number of halogens is 1. The number of carbonyl (C=O) groups excluding carboxylic acids is 3. The first-order valence-corrected chi connectivity index (χ1v) is 12.9. The molecule has 3 heterocycles. The van der Waals surface area contributed by atoms with Gasteiger partial charge in [0.2, 0.25) is 11.7 Å². The highest BCUT2D eigenvalue weighted by molar-refractivity contribution is 6.42. The van der Waals surface area contributed by atoms with Crippen molar-refractivity contribution in [3.05, 3.63) is 82.5 Å². The van der Waals surface area contributed by atoms with Gasteiger partial charge in [0.1, 0.15) is 17.7 Å². The molecule has 1 aromatic heterocycles. The Labute approximate surface area is 230 Å². The number of aromatic nitrogens is 1. The van der Waals surface area contributed by atoms with Crippen molar-refractivity contribution in [1.29, 1.82) is 0 Å². The summed E-state index contributed by atoms with van der Waals surface area (Å²) in [4.78, 5) is 42.9. The number of nitrogens with zero attached hydrogens (tertiary/aromatic N) is 2. The van der Waals surface area contributed by atoms with E-state index < -0.39 is 11.7 Å². The van der Waals surface area contributed by atoms with Crippen LogP contribution < -0.4 is 15.8 Å². The van der Waals surface area contributed by atoms with Gasteiger partial charge in [-0.1, -0.05) is 35.9 Å². The number of hydrogen-bond donors (Lipinski definition) is 2. The van der Waals surface area contributed by atoms with Crippen LogP contribution in [0.2, 0.25) is 5.02 Å². The average Bonchev–Trinajstić information content (AvgIpc) is 3.39. The molecule has 2 aromatic carbocycles. The quantitative estimate of drug-likeness (QED) is 0.265. The average molecular weight is 547 g/mol. The van der Waals surface area contributed by atoms with Crippen LogP contribution in [0, 0.1) is 0 Å². The number of amides is 2. The summed E-state index contributed by atoms with van der Waals surface area (Å²) in [6.45, 7) is 2.03. The highest BCUT2D eigenvalue weighted by Gasteiger charge is 2.27. The Kier molecular flexibility index (Phi) is 7.90. The first-order valence-electron chi connectivity index (χ1n) is 12.6. The number of fused-ring (bicyclic) bond motifs is 1. The van der Waals surface area contributed by atoms with Crippen molar-refractivity contribution >= 4 is 41.1 Å². The predicted molar refractivity (Wildman–Crippen MR) is 147 cm³/mol. The van der Waals surface area contributed by atoms with Gasteiger partial charge < -0.3 is 25.4 Å². The fourth-order valence-electron chi connectivity index (χ4n) is 4.48. The van der Waals surface area contributed by atoms with Gasteiger partial charge in [-0.15, -0.1) is 0 Å². The summed E-state index contributed by atoms with van der Waals surface area (Å²) in [6, 6.07) is 14.1. The van der Waals surface area contributed by atoms with Crippen molar-refractivity contribution in [2.24, 2.45) is 0 Å². The summed E-state index contributed by atoms with van der Waals surface area (Å²) in [5, 5.41) is 3.31. The van der Waals surface area contributed by atoms with E-state index in [-0.39, 0.29) is 12.0 Å². The molecule has 5 rings (SSSR count). The van der Waals surface area contributed by atoms with E-state index in [4.69, 9.17) is 26.8 Å². The maximum Gasteiger partial charge on any atom is 0.295 e. The lowest BCUT2D eigenvalue weighted by molar-refractivity contribution is -0.130. The van der Waals surface area contributed by atoms with Crippen LogP contribution in [0.4, 0.5) is 5.82 Å². The number of nitrogens with one attached hydrogen (secondary N) is 1. The molecule has 1 atom stereocenters. The molecule has 0 radical (unpaired) electrons. The van der Waals surface area contributed by atoms with Crippen LogP contribution in [0.25, 0.3) is 17.2 Å². The van der Waals surface area contributed by atoms with Gasteiger partial charge in [-0.05, 0) is 47.0 Å². The van der Waals surface area contributed by atoms with E-state index in [0.717, 1.165) is 22.3 Å². The summed E-state index contributed by atoms with van der Waals surface area (Å²) in [7, 11) is 0. The topological polar surface area (TPSA) is 124 Å². The molecule has 1 saturated heterocycles. The smallest absolute Gasteiger partial charge is 0.295 e. The predicted octanol–water partition coefficient (Wildman–Crippen LogP) is 3.16. The van der Waals surface area contributed by atoms with Crippen LogP contribution in [0.1, 0.15) is 21.5 Å². The molecule has 1 fully saturated rings. The van der Waals surface area contributed by atoms with Crippen molar-refractivity contribution < 1.29 is 23.9 Å². The van der Waals surface area contributed by atoms with Crippen molar-refractivity contribution in [2.75, 3.05) is 38.6 Å². The highest BCUT2D eigenvalue weighted by atomic mass is 35.5. The molecular formula is C29H27ClN4O5. The van der Waals surface area contributed by atoms with E-state index in [0.29, 0.717) is 61.4 Å². The summed E-state index contributed by atoms with van der Waals surface area (Å²) in [6.07, 6.45) is 5.01. The second kappa shape index (κ2) is 11.7. The number of benzene rings is 2. The first-order chi connectivity index (χ1) is 18.9. The van der Waals surface area contributed by atoms with Crippen LogP contribution in [0.3, 0.4) is 0 Å². The molecule has 3 N–H and O–H groups in total. The van der Waals surface area contributed by atoms with Gasteiger partial charge in [-0.3, -0.25) is 14.4 Å². The van der Waals surface area contributed by atoms with Crippen molar-refractivity contribution in [3.63, 3.8) is 0 Å². The third kappa shape index (κ3) is 6.27. The molecule has 1 unspecified atom stereocenters. The van der Waals surface area contributed by atoms with Crippen LogP contribution in [-0.4, -0.2) is 66.4 Å². The van der Waals surface area contributed by atoms with E-state index in [9.17, 15) is 14.4 Å².